The maximum atomic E-state index is 11.3. The summed E-state index contributed by atoms with van der Waals surface area (Å²) in [5.41, 5.74) is 9.37. The van der Waals surface area contributed by atoms with E-state index < -0.39 is 5.97 Å². The molecular formula is C12H16N2O2. The first-order valence-corrected chi connectivity index (χ1v) is 5.09. The molecule has 0 saturated heterocycles. The summed E-state index contributed by atoms with van der Waals surface area (Å²) >= 11 is 0. The minimum atomic E-state index is -0.621. The van der Waals surface area contributed by atoms with Gasteiger partial charge in [-0.05, 0) is 26.7 Å². The van der Waals surface area contributed by atoms with Gasteiger partial charge < -0.3 is 10.3 Å². The second kappa shape index (κ2) is 8.46. The molecule has 4 heteroatoms. The Morgan fingerprint density at radius 1 is 1.50 bits per heavy atom. The van der Waals surface area contributed by atoms with Crippen LogP contribution in [-0.2, 0) is 9.53 Å². The minimum Gasteiger partial charge on any atom is -0.457 e. The number of carbonyl (C=O) groups excluding carboxylic acids is 1. The fraction of sp³-hybridized carbons (Fsp3) is 0.500. The maximum absolute atomic E-state index is 11.3. The molecule has 0 unspecified atom stereocenters. The fourth-order valence-electron chi connectivity index (χ4n) is 0.970. The molecule has 0 aliphatic heterocycles. The fourth-order valence-corrected chi connectivity index (χ4v) is 0.970. The van der Waals surface area contributed by atoms with Gasteiger partial charge in [-0.2, -0.15) is 4.79 Å². The molecule has 0 spiro atoms. The summed E-state index contributed by atoms with van der Waals surface area (Å²) in [6, 6.07) is 0. The molecule has 0 N–H and O–H groups in total. The molecule has 0 fully saturated rings. The van der Waals surface area contributed by atoms with Crippen LogP contribution in [0.25, 0.3) is 5.53 Å². The van der Waals surface area contributed by atoms with Crippen LogP contribution in [0.3, 0.4) is 0 Å². The van der Waals surface area contributed by atoms with Gasteiger partial charge in [0.1, 0.15) is 0 Å². The summed E-state index contributed by atoms with van der Waals surface area (Å²) in [5, 5.41) is 0. The number of rotatable bonds is 6. The zero-order valence-corrected chi connectivity index (χ0v) is 9.69. The number of unbranched alkanes of at least 4 members (excludes halogenated alkanes) is 2. The Bertz CT molecular complexity index is 354. The molecule has 0 atom stereocenters. The summed E-state index contributed by atoms with van der Waals surface area (Å²) in [6.07, 6.45) is 8.74. The highest BCUT2D eigenvalue weighted by molar-refractivity contribution is 6.38. The first kappa shape index (κ1) is 14.2. The Morgan fingerprint density at radius 3 is 2.69 bits per heavy atom. The largest absolute Gasteiger partial charge is 0.457 e. The van der Waals surface area contributed by atoms with Gasteiger partial charge in [-0.1, -0.05) is 5.57 Å². The number of esters is 1. The summed E-state index contributed by atoms with van der Waals surface area (Å²) < 4.78 is 4.90. The lowest BCUT2D eigenvalue weighted by Gasteiger charge is -1.99. The average Bonchev–Trinajstić information content (AvgIpc) is 2.25. The standard InChI is InChI=1S/C12H16N2O2/c1-4-5-6-7-8-16-12(15)11(14-13)9-10(2)3/h1,9H,5-8H2,2-3H3. The molecule has 0 rings (SSSR count). The van der Waals surface area contributed by atoms with Gasteiger partial charge in [0.05, 0.1) is 6.61 Å². The Hall–Kier alpha value is -1.85. The van der Waals surface area contributed by atoms with E-state index in [2.05, 4.69) is 10.7 Å². The average molecular weight is 220 g/mol. The normalized spacial score (nSPS) is 8.56. The highest BCUT2D eigenvalue weighted by Crippen LogP contribution is 1.96. The smallest absolute Gasteiger partial charge is 0.421 e. The molecule has 0 aromatic heterocycles. The predicted octanol–water partition coefficient (Wildman–Crippen LogP) is 1.97. The molecular weight excluding hydrogens is 204 g/mol. The van der Waals surface area contributed by atoms with Crippen LogP contribution in [0, 0.1) is 12.3 Å². The molecule has 0 saturated carbocycles. The van der Waals surface area contributed by atoms with E-state index in [1.165, 1.54) is 6.08 Å². The monoisotopic (exact) mass is 220 g/mol. The summed E-state index contributed by atoms with van der Waals surface area (Å²) in [4.78, 5) is 14.2. The van der Waals surface area contributed by atoms with Crippen LogP contribution in [-0.4, -0.2) is 23.1 Å². The van der Waals surface area contributed by atoms with Crippen molar-refractivity contribution >= 4 is 11.7 Å². The van der Waals surface area contributed by atoms with Crippen molar-refractivity contribution in [3.63, 3.8) is 0 Å². The van der Waals surface area contributed by atoms with Crippen molar-refractivity contribution < 1.29 is 14.3 Å². The molecule has 0 heterocycles. The van der Waals surface area contributed by atoms with Gasteiger partial charge in [0.2, 0.25) is 0 Å². The quantitative estimate of drug-likeness (QED) is 0.171. The zero-order valence-electron chi connectivity index (χ0n) is 9.69. The Balaban J connectivity index is 4.02. The Morgan fingerprint density at radius 2 is 2.19 bits per heavy atom. The lowest BCUT2D eigenvalue weighted by molar-refractivity contribution is -0.140. The van der Waals surface area contributed by atoms with Crippen molar-refractivity contribution in [1.29, 1.82) is 0 Å². The van der Waals surface area contributed by atoms with Gasteiger partial charge in [-0.3, -0.25) is 0 Å². The van der Waals surface area contributed by atoms with Gasteiger partial charge >= 0.3 is 11.7 Å². The van der Waals surface area contributed by atoms with Crippen LogP contribution in [0.1, 0.15) is 33.1 Å². The highest BCUT2D eigenvalue weighted by atomic mass is 16.5. The summed E-state index contributed by atoms with van der Waals surface area (Å²) in [7, 11) is 0. The van der Waals surface area contributed by atoms with Gasteiger partial charge in [0, 0.05) is 12.5 Å². The van der Waals surface area contributed by atoms with Crippen molar-refractivity contribution in [2.45, 2.75) is 33.1 Å². The van der Waals surface area contributed by atoms with Crippen LogP contribution >= 0.6 is 0 Å². The third-order valence-corrected chi connectivity index (χ3v) is 1.69. The molecule has 0 amide bonds. The molecule has 0 aromatic rings. The first-order chi connectivity index (χ1) is 7.61. The van der Waals surface area contributed by atoms with E-state index >= 15 is 0 Å². The topological polar surface area (TPSA) is 62.7 Å². The lowest BCUT2D eigenvalue weighted by Crippen LogP contribution is -2.17. The molecule has 4 nitrogen and oxygen atoms in total. The number of carbonyl (C=O) groups is 1. The second-order valence-corrected chi connectivity index (χ2v) is 3.50. The van der Waals surface area contributed by atoms with Crippen LogP contribution < -0.4 is 0 Å². The van der Waals surface area contributed by atoms with E-state index in [0.29, 0.717) is 12.8 Å². The molecule has 0 aliphatic rings. The minimum absolute atomic E-state index is 0.0862. The lowest BCUT2D eigenvalue weighted by atomic mass is 10.2. The van der Waals surface area contributed by atoms with Gasteiger partial charge in [-0.15, -0.1) is 12.3 Å². The predicted molar refractivity (Wildman–Crippen MR) is 61.7 cm³/mol. The number of hydrogen-bond donors (Lipinski definition) is 0. The van der Waals surface area contributed by atoms with Crippen molar-refractivity contribution in [2.24, 2.45) is 0 Å². The van der Waals surface area contributed by atoms with E-state index in [9.17, 15) is 4.79 Å². The molecule has 0 radical (unpaired) electrons. The summed E-state index contributed by atoms with van der Waals surface area (Å²) in [6.45, 7) is 3.88. The number of terminal acetylenes is 1. The molecule has 0 aromatic carbocycles. The SMILES string of the molecule is C#CCCCCOC(=O)C(C=C(C)C)=[N+]=[N-]. The second-order valence-electron chi connectivity index (χ2n) is 3.50. The number of allylic oxidation sites excluding steroid dienone is 1. The third-order valence-electron chi connectivity index (χ3n) is 1.69. The van der Waals surface area contributed by atoms with Crippen LogP contribution in [0.2, 0.25) is 0 Å². The molecule has 86 valence electrons. The first-order valence-electron chi connectivity index (χ1n) is 5.09. The van der Waals surface area contributed by atoms with Gasteiger partial charge in [-0.25, -0.2) is 4.79 Å². The Labute approximate surface area is 95.9 Å². The maximum Gasteiger partial charge on any atom is 0.421 e. The number of hydrogen-bond acceptors (Lipinski definition) is 2. The Kier molecular flexibility index (Phi) is 7.48. The number of nitrogens with zero attached hydrogens (tertiary/aromatic N) is 2. The van der Waals surface area contributed by atoms with E-state index in [-0.39, 0.29) is 12.3 Å². The van der Waals surface area contributed by atoms with Crippen LogP contribution in [0.4, 0.5) is 0 Å². The van der Waals surface area contributed by atoms with E-state index in [0.717, 1.165) is 12.0 Å². The highest BCUT2D eigenvalue weighted by Gasteiger charge is 2.18. The van der Waals surface area contributed by atoms with Crippen molar-refractivity contribution in [3.8, 4) is 12.3 Å². The van der Waals surface area contributed by atoms with E-state index in [1.54, 1.807) is 13.8 Å². The van der Waals surface area contributed by atoms with E-state index in [1.807, 2.05) is 0 Å². The van der Waals surface area contributed by atoms with Crippen molar-refractivity contribution in [2.75, 3.05) is 6.61 Å². The zero-order chi connectivity index (χ0) is 12.4. The van der Waals surface area contributed by atoms with Crippen LogP contribution in [0.15, 0.2) is 11.6 Å². The van der Waals surface area contributed by atoms with Gasteiger partial charge in [0.25, 0.3) is 0 Å². The molecule has 16 heavy (non-hydrogen) atoms. The van der Waals surface area contributed by atoms with E-state index in [4.69, 9.17) is 16.7 Å². The number of ether oxygens (including phenoxy) is 1. The van der Waals surface area contributed by atoms with Gasteiger partial charge in [0.15, 0.2) is 0 Å². The molecule has 0 aliphatic carbocycles. The summed E-state index contributed by atoms with van der Waals surface area (Å²) in [5.74, 6) is 1.88. The third kappa shape index (κ3) is 6.58. The van der Waals surface area contributed by atoms with Crippen molar-refractivity contribution in [1.82, 2.24) is 0 Å². The van der Waals surface area contributed by atoms with Crippen LogP contribution in [0.5, 0.6) is 0 Å². The van der Waals surface area contributed by atoms with Crippen molar-refractivity contribution in [3.05, 3.63) is 17.2 Å². The molecule has 0 bridgehead atoms.